The maximum atomic E-state index is 3.54. The van der Waals surface area contributed by atoms with Crippen molar-refractivity contribution in [3.05, 3.63) is 45.4 Å². The van der Waals surface area contributed by atoms with Crippen molar-refractivity contribution in [2.75, 3.05) is 0 Å². The van der Waals surface area contributed by atoms with E-state index in [0.717, 1.165) is 6.42 Å². The molecule has 0 unspecified atom stereocenters. The fourth-order valence-corrected chi connectivity index (χ4v) is 0.329. The zero-order valence-corrected chi connectivity index (χ0v) is 15.8. The molecule has 3 radical (unpaired) electrons. The van der Waals surface area contributed by atoms with Gasteiger partial charge < -0.3 is 24.8 Å². The minimum Gasteiger partial charge on any atom is -0.660 e. The summed E-state index contributed by atoms with van der Waals surface area (Å²) in [7, 11) is 3.54. The van der Waals surface area contributed by atoms with Crippen LogP contribution in [0.1, 0.15) is 6.42 Å². The molecule has 0 N–H and O–H groups in total. The summed E-state index contributed by atoms with van der Waals surface area (Å²) in [4.78, 5) is 0. The van der Waals surface area contributed by atoms with Crippen LogP contribution in [-0.2, 0) is 98.1 Å². The number of nitrogens with zero attached hydrogens (tertiary/aromatic N) is 1. The van der Waals surface area contributed by atoms with Crippen molar-refractivity contribution in [3.8, 4) is 0 Å². The average molecular weight is 388 g/mol. The van der Waals surface area contributed by atoms with Gasteiger partial charge in [-0.25, -0.2) is 6.20 Å². The van der Waals surface area contributed by atoms with Crippen molar-refractivity contribution >= 4 is 0 Å². The van der Waals surface area contributed by atoms with Gasteiger partial charge in [-0.05, 0) is 0 Å². The van der Waals surface area contributed by atoms with Crippen LogP contribution in [0.2, 0.25) is 0 Å². The Kier molecular flexibility index (Phi) is 38.1. The van der Waals surface area contributed by atoms with Crippen LogP contribution in [0.3, 0.4) is 0 Å². The quantitative estimate of drug-likeness (QED) is 0.600. The molecule has 1 nitrogen and oxygen atoms in total. The molecular weight excluding hydrogens is 377 g/mol. The van der Waals surface area contributed by atoms with Crippen LogP contribution in [0.4, 0.5) is 0 Å². The first-order chi connectivity index (χ1) is 4.31. The molecule has 12 heavy (non-hydrogen) atoms. The maximum Gasteiger partial charge on any atom is 0 e. The summed E-state index contributed by atoms with van der Waals surface area (Å²) in [5.74, 6) is 0. The predicted molar refractivity (Wildman–Crippen MR) is 39.4 cm³/mol. The zero-order valence-electron chi connectivity index (χ0n) is 7.24. The van der Waals surface area contributed by atoms with Gasteiger partial charge in [-0.3, -0.25) is 13.2 Å². The Hall–Kier alpha value is 2.46. The largest absolute Gasteiger partial charge is 0.660 e. The van der Waals surface area contributed by atoms with E-state index in [-0.39, 0.29) is 98.1 Å². The van der Waals surface area contributed by atoms with E-state index >= 15 is 0 Å². The van der Waals surface area contributed by atoms with Gasteiger partial charge in [0.15, 0.2) is 0 Å². The molecule has 1 aromatic heterocycles. The Morgan fingerprint density at radius 3 is 1.67 bits per heavy atom. The minimum absolute atomic E-state index is 0. The molecular formula is C8H11NY3-4. The Bertz CT molecular complexity index is 129. The predicted octanol–water partition coefficient (Wildman–Crippen LogP) is 1.97. The van der Waals surface area contributed by atoms with Crippen LogP contribution in [-0.4, -0.2) is 4.57 Å². The first kappa shape index (κ1) is 23.9. The normalized spacial score (nSPS) is 5.83. The molecule has 0 aliphatic carbocycles. The first-order valence-electron chi connectivity index (χ1n) is 2.75. The van der Waals surface area contributed by atoms with Crippen molar-refractivity contribution in [3.63, 3.8) is 0 Å². The van der Waals surface area contributed by atoms with Crippen molar-refractivity contribution in [2.24, 2.45) is 0 Å². The van der Waals surface area contributed by atoms with Gasteiger partial charge in [0.05, 0.1) is 0 Å². The molecule has 0 spiro atoms. The van der Waals surface area contributed by atoms with Gasteiger partial charge in [0.2, 0.25) is 0 Å². The fraction of sp³-hybridized carbons (Fsp3) is 0.125. The Morgan fingerprint density at radius 1 is 1.17 bits per heavy atom. The van der Waals surface area contributed by atoms with Crippen LogP contribution in [0, 0.1) is 27.1 Å². The smallest absolute Gasteiger partial charge is 0 e. The topological polar surface area (TPSA) is 4.93 Å². The van der Waals surface area contributed by atoms with Crippen LogP contribution in [0.15, 0.2) is 18.3 Å². The molecule has 1 heterocycles. The molecule has 4 heteroatoms. The number of aromatic nitrogens is 1. The molecule has 0 aromatic carbocycles. The summed E-state index contributed by atoms with van der Waals surface area (Å²) in [5.41, 5.74) is 0. The third kappa shape index (κ3) is 18.3. The molecule has 0 aliphatic rings. The van der Waals surface area contributed by atoms with E-state index < -0.39 is 0 Å². The number of hydrogen-bond donors (Lipinski definition) is 0. The second-order valence-corrected chi connectivity index (χ2v) is 1.46. The Labute approximate surface area is 151 Å². The second kappa shape index (κ2) is 19.1. The number of hydrogen-bond acceptors (Lipinski definition) is 0. The van der Waals surface area contributed by atoms with E-state index in [4.69, 9.17) is 0 Å². The molecule has 0 saturated heterocycles. The van der Waals surface area contributed by atoms with Crippen LogP contribution in [0.25, 0.3) is 0 Å². The molecule has 1 aromatic rings. The van der Waals surface area contributed by atoms with E-state index in [1.54, 1.807) is 4.57 Å². The minimum atomic E-state index is 0. The molecule has 0 aliphatic heterocycles. The Morgan fingerprint density at radius 2 is 1.58 bits per heavy atom. The van der Waals surface area contributed by atoms with E-state index in [2.05, 4.69) is 27.1 Å². The van der Waals surface area contributed by atoms with Gasteiger partial charge in [0.25, 0.3) is 0 Å². The summed E-state index contributed by atoms with van der Waals surface area (Å²) in [5, 5.41) is 0. The van der Waals surface area contributed by atoms with E-state index in [9.17, 15) is 0 Å². The average Bonchev–Trinajstić information content (AvgIpc) is 2.20. The zero-order chi connectivity index (χ0) is 7.11. The van der Waals surface area contributed by atoms with Gasteiger partial charge in [-0.1, -0.05) is 0 Å². The van der Waals surface area contributed by atoms with Gasteiger partial charge >= 0.3 is 0 Å². The molecule has 0 saturated carbocycles. The molecule has 0 bridgehead atoms. The third-order valence-electron chi connectivity index (χ3n) is 0.603. The standard InChI is InChI=1S/C5H5N.C3H6.3Y/c1-6-4-2-3-5-6;1-3-2;;;/h2-4H,1H2;1-3H2;;;/q2*-2;;;. The second-order valence-electron chi connectivity index (χ2n) is 1.46. The van der Waals surface area contributed by atoms with Crippen LogP contribution >= 0.6 is 0 Å². The molecule has 0 amide bonds. The first-order valence-corrected chi connectivity index (χ1v) is 2.75. The van der Waals surface area contributed by atoms with Crippen LogP contribution < -0.4 is 0 Å². The molecule has 0 atom stereocenters. The van der Waals surface area contributed by atoms with E-state index in [0.29, 0.717) is 0 Å². The summed E-state index contributed by atoms with van der Waals surface area (Å²) >= 11 is 0. The molecule has 61 valence electrons. The van der Waals surface area contributed by atoms with Gasteiger partial charge in [-0.2, -0.15) is 12.1 Å². The fourth-order valence-electron chi connectivity index (χ4n) is 0.329. The van der Waals surface area contributed by atoms with Crippen LogP contribution in [0.5, 0.6) is 0 Å². The van der Waals surface area contributed by atoms with Gasteiger partial charge in [0, 0.05) is 98.1 Å². The van der Waals surface area contributed by atoms with Gasteiger partial charge in [0.1, 0.15) is 0 Å². The Balaban J connectivity index is -0.0000000489. The summed E-state index contributed by atoms with van der Waals surface area (Å²) in [6.07, 6.45) is 5.39. The van der Waals surface area contributed by atoms with Crippen molar-refractivity contribution in [1.82, 2.24) is 4.57 Å². The summed E-state index contributed by atoms with van der Waals surface area (Å²) in [6.45, 7) is 6.75. The SMILES string of the molecule is [CH2-]C[CH2-].[CH2-]n1[c-]ccc1.[Y].[Y].[Y]. The van der Waals surface area contributed by atoms with Crippen molar-refractivity contribution in [1.29, 1.82) is 0 Å². The van der Waals surface area contributed by atoms with E-state index in [1.165, 1.54) is 0 Å². The molecule has 1 rings (SSSR count). The van der Waals surface area contributed by atoms with E-state index in [1.807, 2.05) is 18.3 Å². The molecule has 0 fully saturated rings. The maximum absolute atomic E-state index is 3.54. The summed E-state index contributed by atoms with van der Waals surface area (Å²) < 4.78 is 1.62. The van der Waals surface area contributed by atoms with Gasteiger partial charge in [-0.15, -0.1) is 0 Å². The monoisotopic (exact) mass is 388 g/mol. The van der Waals surface area contributed by atoms with Crippen molar-refractivity contribution in [2.45, 2.75) is 6.42 Å². The summed E-state index contributed by atoms with van der Waals surface area (Å²) in [6, 6.07) is 3.69. The number of rotatable bonds is 0. The third-order valence-corrected chi connectivity index (χ3v) is 0.603. The van der Waals surface area contributed by atoms with Crippen molar-refractivity contribution < 1.29 is 98.1 Å².